The fraction of sp³-hybridized carbons (Fsp3) is 0.316. The van der Waals surface area contributed by atoms with Crippen LogP contribution in [0.5, 0.6) is 0 Å². The lowest BCUT2D eigenvalue weighted by Crippen LogP contribution is -2.28. The number of benzene rings is 1. The fourth-order valence-corrected chi connectivity index (χ4v) is 3.67. The second-order valence-electron chi connectivity index (χ2n) is 7.47. The molecule has 1 amide bonds. The number of nitrogens with one attached hydrogen (secondary N) is 2. The van der Waals surface area contributed by atoms with E-state index in [4.69, 9.17) is 0 Å². The number of carboxylic acids is 1. The summed E-state index contributed by atoms with van der Waals surface area (Å²) in [6, 6.07) is 9.27. The van der Waals surface area contributed by atoms with E-state index in [1.165, 1.54) is 6.20 Å². The van der Waals surface area contributed by atoms with Crippen molar-refractivity contribution in [3.05, 3.63) is 52.7 Å². The van der Waals surface area contributed by atoms with Crippen molar-refractivity contribution < 1.29 is 14.7 Å². The van der Waals surface area contributed by atoms with Crippen molar-refractivity contribution in [3.8, 4) is 5.69 Å². The summed E-state index contributed by atoms with van der Waals surface area (Å²) in [5, 5.41) is 16.5. The van der Waals surface area contributed by atoms with Crippen LogP contribution in [0.2, 0.25) is 0 Å². The first-order valence-corrected chi connectivity index (χ1v) is 8.83. The van der Waals surface area contributed by atoms with Gasteiger partial charge in [-0.1, -0.05) is 32.0 Å². The number of para-hydroxylation sites is 1. The Morgan fingerprint density at radius 3 is 2.61 bits per heavy atom. The van der Waals surface area contributed by atoms with Gasteiger partial charge in [-0.05, 0) is 17.5 Å². The number of aliphatic carboxylic acids is 1. The molecule has 1 aliphatic rings. The molecule has 0 saturated heterocycles. The summed E-state index contributed by atoms with van der Waals surface area (Å²) in [5.74, 6) is -2.38. The third kappa shape index (κ3) is 2.84. The minimum Gasteiger partial charge on any atom is -0.481 e. The van der Waals surface area contributed by atoms with Gasteiger partial charge in [0.1, 0.15) is 11.2 Å². The molecule has 3 aromatic rings. The van der Waals surface area contributed by atoms with Gasteiger partial charge in [0, 0.05) is 0 Å². The van der Waals surface area contributed by atoms with E-state index in [2.05, 4.69) is 20.4 Å². The van der Waals surface area contributed by atoms with E-state index in [1.807, 2.05) is 30.3 Å². The number of aromatic nitrogens is 4. The van der Waals surface area contributed by atoms with Crippen LogP contribution in [0.25, 0.3) is 16.7 Å². The number of nitrogens with zero attached hydrogens (tertiary/aromatic N) is 3. The predicted molar refractivity (Wildman–Crippen MR) is 99.7 cm³/mol. The minimum atomic E-state index is -0.982. The maximum Gasteiger partial charge on any atom is 0.307 e. The number of fused-ring (bicyclic) bond motifs is 1. The van der Waals surface area contributed by atoms with Crippen molar-refractivity contribution in [1.29, 1.82) is 0 Å². The Balaban J connectivity index is 1.58. The molecular formula is C19H19N5O4. The van der Waals surface area contributed by atoms with Crippen molar-refractivity contribution in [2.75, 3.05) is 0 Å². The summed E-state index contributed by atoms with van der Waals surface area (Å²) < 4.78 is 1.56. The first kappa shape index (κ1) is 17.9. The Morgan fingerprint density at radius 2 is 1.96 bits per heavy atom. The maximum absolute atomic E-state index is 12.4. The lowest BCUT2D eigenvalue weighted by molar-refractivity contribution is -0.140. The van der Waals surface area contributed by atoms with Crippen LogP contribution in [0, 0.1) is 17.3 Å². The number of carboxylic acid groups (broad SMARTS) is 1. The van der Waals surface area contributed by atoms with Crippen molar-refractivity contribution in [1.82, 2.24) is 25.1 Å². The molecule has 9 nitrogen and oxygen atoms in total. The molecule has 144 valence electrons. The van der Waals surface area contributed by atoms with Gasteiger partial charge in [0.15, 0.2) is 5.65 Å². The van der Waals surface area contributed by atoms with Gasteiger partial charge >= 0.3 is 5.97 Å². The maximum atomic E-state index is 12.4. The van der Waals surface area contributed by atoms with Crippen LogP contribution in [0.1, 0.15) is 19.7 Å². The molecule has 1 aliphatic carbocycles. The molecule has 2 atom stereocenters. The first-order chi connectivity index (χ1) is 13.3. The Kier molecular flexibility index (Phi) is 4.02. The zero-order chi connectivity index (χ0) is 20.1. The Bertz CT molecular complexity index is 1130. The van der Waals surface area contributed by atoms with Crippen LogP contribution in [-0.4, -0.2) is 36.7 Å². The lowest BCUT2D eigenvalue weighted by atomic mass is 10.1. The Hall–Kier alpha value is -3.49. The normalized spacial score (nSPS) is 20.1. The van der Waals surface area contributed by atoms with Gasteiger partial charge in [0.2, 0.25) is 5.91 Å². The van der Waals surface area contributed by atoms with Crippen LogP contribution in [0.4, 0.5) is 0 Å². The van der Waals surface area contributed by atoms with Gasteiger partial charge in [-0.2, -0.15) is 5.10 Å². The third-order valence-electron chi connectivity index (χ3n) is 5.29. The second-order valence-corrected chi connectivity index (χ2v) is 7.47. The van der Waals surface area contributed by atoms with E-state index in [9.17, 15) is 19.5 Å². The van der Waals surface area contributed by atoms with Crippen LogP contribution in [0.3, 0.4) is 0 Å². The van der Waals surface area contributed by atoms with E-state index in [0.29, 0.717) is 11.0 Å². The van der Waals surface area contributed by atoms with Crippen molar-refractivity contribution >= 4 is 22.9 Å². The molecule has 2 heterocycles. The molecule has 0 aliphatic heterocycles. The molecule has 28 heavy (non-hydrogen) atoms. The Labute approximate surface area is 159 Å². The summed E-state index contributed by atoms with van der Waals surface area (Å²) in [5.41, 5.74) is 0.197. The molecule has 1 fully saturated rings. The number of carbonyl (C=O) groups is 2. The fourth-order valence-electron chi connectivity index (χ4n) is 3.67. The number of carbonyl (C=O) groups excluding carboxylic acids is 1. The zero-order valence-corrected chi connectivity index (χ0v) is 15.3. The number of hydrogen-bond acceptors (Lipinski definition) is 5. The van der Waals surface area contributed by atoms with E-state index in [0.717, 1.165) is 5.69 Å². The molecule has 0 spiro atoms. The van der Waals surface area contributed by atoms with Gasteiger partial charge in [-0.15, -0.1) is 0 Å². The molecule has 0 radical (unpaired) electrons. The number of hydrogen-bond donors (Lipinski definition) is 3. The van der Waals surface area contributed by atoms with Gasteiger partial charge in [0.25, 0.3) is 5.56 Å². The standard InChI is InChI=1S/C19H19N5O4/c1-19(2)13(14(19)18(27)28)17(26)20-9-12-22-15-11(16(25)23-12)8-21-24(15)10-6-4-3-5-7-10/h3-8,13-14H,9H2,1-2H3,(H,20,26)(H,27,28)(H,22,23,25). The SMILES string of the molecule is CC1(C)C(C(=O)O)C1C(=O)NCc1nc2c(cnn2-c2ccccc2)c(=O)[nH]1. The van der Waals surface area contributed by atoms with Gasteiger partial charge < -0.3 is 15.4 Å². The quantitative estimate of drug-likeness (QED) is 0.606. The zero-order valence-electron chi connectivity index (χ0n) is 15.3. The summed E-state index contributed by atoms with van der Waals surface area (Å²) in [4.78, 5) is 43.0. The second kappa shape index (κ2) is 6.29. The van der Waals surface area contributed by atoms with Crippen LogP contribution >= 0.6 is 0 Å². The third-order valence-corrected chi connectivity index (χ3v) is 5.29. The van der Waals surface area contributed by atoms with Gasteiger partial charge in [0.05, 0.1) is 30.3 Å². The number of rotatable bonds is 5. The van der Waals surface area contributed by atoms with E-state index in [-0.39, 0.29) is 23.8 Å². The molecule has 9 heteroatoms. The highest BCUT2D eigenvalue weighted by atomic mass is 16.4. The summed E-state index contributed by atoms with van der Waals surface area (Å²) in [6.45, 7) is 3.49. The van der Waals surface area contributed by atoms with Crippen molar-refractivity contribution in [3.63, 3.8) is 0 Å². The number of amides is 1. The largest absolute Gasteiger partial charge is 0.481 e. The lowest BCUT2D eigenvalue weighted by Gasteiger charge is -2.07. The predicted octanol–water partition coefficient (Wildman–Crippen LogP) is 1.08. The van der Waals surface area contributed by atoms with Gasteiger partial charge in [-0.3, -0.25) is 14.4 Å². The number of aromatic amines is 1. The van der Waals surface area contributed by atoms with Crippen LogP contribution < -0.4 is 10.9 Å². The average Bonchev–Trinajstić information content (AvgIpc) is 3.02. The highest BCUT2D eigenvalue weighted by molar-refractivity contribution is 5.91. The van der Waals surface area contributed by atoms with Crippen LogP contribution in [0.15, 0.2) is 41.3 Å². The molecule has 4 rings (SSSR count). The van der Waals surface area contributed by atoms with Crippen LogP contribution in [-0.2, 0) is 16.1 Å². The van der Waals surface area contributed by atoms with E-state index >= 15 is 0 Å². The highest BCUT2D eigenvalue weighted by Crippen LogP contribution is 2.58. The first-order valence-electron chi connectivity index (χ1n) is 8.83. The smallest absolute Gasteiger partial charge is 0.307 e. The monoisotopic (exact) mass is 381 g/mol. The van der Waals surface area contributed by atoms with E-state index in [1.54, 1.807) is 18.5 Å². The van der Waals surface area contributed by atoms with Gasteiger partial charge in [-0.25, -0.2) is 9.67 Å². The molecule has 2 aromatic heterocycles. The van der Waals surface area contributed by atoms with E-state index < -0.39 is 23.2 Å². The van der Waals surface area contributed by atoms with Crippen molar-refractivity contribution in [2.45, 2.75) is 20.4 Å². The number of H-pyrrole nitrogens is 1. The Morgan fingerprint density at radius 1 is 1.25 bits per heavy atom. The summed E-state index contributed by atoms with van der Waals surface area (Å²) in [7, 11) is 0. The molecule has 3 N–H and O–H groups in total. The molecular weight excluding hydrogens is 362 g/mol. The highest BCUT2D eigenvalue weighted by Gasteiger charge is 2.65. The summed E-state index contributed by atoms with van der Waals surface area (Å²) in [6.07, 6.45) is 1.45. The molecule has 1 saturated carbocycles. The molecule has 0 bridgehead atoms. The molecule has 1 aromatic carbocycles. The topological polar surface area (TPSA) is 130 Å². The average molecular weight is 381 g/mol. The summed E-state index contributed by atoms with van der Waals surface area (Å²) >= 11 is 0. The van der Waals surface area contributed by atoms with Crippen molar-refractivity contribution in [2.24, 2.45) is 17.3 Å². The minimum absolute atomic E-state index is 0.0110. The molecule has 2 unspecified atom stereocenters.